The van der Waals surface area contributed by atoms with Gasteiger partial charge in [-0.25, -0.2) is 8.42 Å². The topological polar surface area (TPSA) is 104 Å². The maximum Gasteiger partial charge on any atom is 0.261 e. The van der Waals surface area contributed by atoms with E-state index in [4.69, 9.17) is 0 Å². The van der Waals surface area contributed by atoms with E-state index in [0.29, 0.717) is 29.9 Å². The highest BCUT2D eigenvalue weighted by Gasteiger charge is 2.40. The highest BCUT2D eigenvalue weighted by molar-refractivity contribution is 7.93. The Bertz CT molecular complexity index is 1230. The van der Waals surface area contributed by atoms with Gasteiger partial charge < -0.3 is 5.32 Å². The van der Waals surface area contributed by atoms with E-state index in [9.17, 15) is 22.8 Å². The van der Waals surface area contributed by atoms with Crippen LogP contribution in [0.1, 0.15) is 69.6 Å². The Kier molecular flexibility index (Phi) is 5.44. The number of rotatable bonds is 4. The second-order valence-corrected chi connectivity index (χ2v) is 10.8. The smallest absolute Gasteiger partial charge is 0.261 e. The van der Waals surface area contributed by atoms with Crippen LogP contribution in [-0.2, 0) is 10.0 Å². The molecule has 172 valence electrons. The van der Waals surface area contributed by atoms with Gasteiger partial charge in [0.05, 0.1) is 22.6 Å². The molecular weight excluding hydrogens is 442 g/mol. The first-order valence-corrected chi connectivity index (χ1v) is 12.9. The largest absolute Gasteiger partial charge is 0.322 e. The summed E-state index contributed by atoms with van der Waals surface area (Å²) in [5.74, 6) is -0.867. The number of amides is 3. The minimum absolute atomic E-state index is 0.0682. The van der Waals surface area contributed by atoms with E-state index < -0.39 is 15.9 Å². The summed E-state index contributed by atoms with van der Waals surface area (Å²) in [6, 6.07) is 11.1. The van der Waals surface area contributed by atoms with Crippen LogP contribution >= 0.6 is 0 Å². The minimum atomic E-state index is -3.26. The first-order valence-electron chi connectivity index (χ1n) is 11.3. The normalized spacial score (nSPS) is 20.2. The Morgan fingerprint density at radius 1 is 0.879 bits per heavy atom. The van der Waals surface area contributed by atoms with Gasteiger partial charge in [-0.3, -0.25) is 23.6 Å². The van der Waals surface area contributed by atoms with Gasteiger partial charge >= 0.3 is 0 Å². The van der Waals surface area contributed by atoms with Crippen molar-refractivity contribution in [3.05, 3.63) is 59.2 Å². The Labute approximate surface area is 192 Å². The van der Waals surface area contributed by atoms with Crippen LogP contribution in [0, 0.1) is 0 Å². The lowest BCUT2D eigenvalue weighted by Gasteiger charge is -2.29. The van der Waals surface area contributed by atoms with Crippen molar-refractivity contribution in [2.75, 3.05) is 21.9 Å². The second-order valence-electron chi connectivity index (χ2n) is 8.78. The zero-order valence-electron chi connectivity index (χ0n) is 18.1. The van der Waals surface area contributed by atoms with Gasteiger partial charge in [0.15, 0.2) is 0 Å². The van der Waals surface area contributed by atoms with E-state index in [0.717, 1.165) is 32.1 Å². The van der Waals surface area contributed by atoms with Crippen LogP contribution < -0.4 is 9.62 Å². The summed E-state index contributed by atoms with van der Waals surface area (Å²) in [7, 11) is -3.26. The number of fused-ring (bicyclic) bond motifs is 1. The molecule has 2 aromatic carbocycles. The average Bonchev–Trinajstić information content (AvgIpc) is 3.30. The lowest BCUT2D eigenvalue weighted by molar-refractivity contribution is 0.0548. The predicted molar refractivity (Wildman–Crippen MR) is 124 cm³/mol. The number of anilines is 2. The van der Waals surface area contributed by atoms with Gasteiger partial charge in [-0.05, 0) is 61.7 Å². The highest BCUT2D eigenvalue weighted by atomic mass is 32.2. The summed E-state index contributed by atoms with van der Waals surface area (Å²) in [6.45, 7) is 0.452. The van der Waals surface area contributed by atoms with Crippen LogP contribution in [0.2, 0.25) is 0 Å². The molecule has 3 amide bonds. The zero-order valence-corrected chi connectivity index (χ0v) is 18.9. The number of benzene rings is 2. The molecule has 5 rings (SSSR count). The Hall–Kier alpha value is -3.20. The van der Waals surface area contributed by atoms with Gasteiger partial charge in [0, 0.05) is 23.8 Å². The predicted octanol–water partition coefficient (Wildman–Crippen LogP) is 3.41. The minimum Gasteiger partial charge on any atom is -0.322 e. The van der Waals surface area contributed by atoms with Crippen molar-refractivity contribution in [3.8, 4) is 0 Å². The summed E-state index contributed by atoms with van der Waals surface area (Å²) in [6.07, 6.45) is 5.39. The number of nitrogens with zero attached hydrogens (tertiary/aromatic N) is 2. The summed E-state index contributed by atoms with van der Waals surface area (Å²) in [4.78, 5) is 40.0. The van der Waals surface area contributed by atoms with Crippen LogP contribution in [0.4, 0.5) is 11.4 Å². The first-order chi connectivity index (χ1) is 15.8. The molecule has 1 saturated heterocycles. The van der Waals surface area contributed by atoms with Crippen molar-refractivity contribution < 1.29 is 22.8 Å². The van der Waals surface area contributed by atoms with Gasteiger partial charge in [0.2, 0.25) is 10.0 Å². The fraction of sp³-hybridized carbons (Fsp3) is 0.375. The molecule has 2 aliphatic heterocycles. The van der Waals surface area contributed by atoms with Gasteiger partial charge in [0.1, 0.15) is 0 Å². The number of imide groups is 1. The molecule has 0 radical (unpaired) electrons. The Morgan fingerprint density at radius 2 is 1.58 bits per heavy atom. The third-order valence-electron chi connectivity index (χ3n) is 6.63. The zero-order chi connectivity index (χ0) is 23.2. The maximum absolute atomic E-state index is 13.0. The standard InChI is InChI=1S/C24H25N3O5S/c28-22(25-17-8-10-18(11-9-17)26-13-4-14-33(26,31)32)16-7-12-20-21(15-16)24(30)27(23(20)29)19-5-2-1-3-6-19/h7-12,15,19H,1-6,13-14H2,(H,25,28). The number of carbonyl (C=O) groups is 3. The van der Waals surface area contributed by atoms with Crippen molar-refractivity contribution in [1.82, 2.24) is 4.90 Å². The number of nitrogens with one attached hydrogen (secondary N) is 1. The van der Waals surface area contributed by atoms with E-state index in [1.54, 1.807) is 36.4 Å². The van der Waals surface area contributed by atoms with E-state index in [1.165, 1.54) is 15.3 Å². The van der Waals surface area contributed by atoms with Crippen LogP contribution in [0.15, 0.2) is 42.5 Å². The molecule has 2 fully saturated rings. The molecule has 1 aliphatic carbocycles. The molecule has 2 heterocycles. The molecule has 0 spiro atoms. The van der Waals surface area contributed by atoms with Crippen LogP contribution in [-0.4, -0.2) is 49.4 Å². The fourth-order valence-corrected chi connectivity index (χ4v) is 6.48. The van der Waals surface area contributed by atoms with Gasteiger partial charge in [-0.2, -0.15) is 0 Å². The quantitative estimate of drug-likeness (QED) is 0.694. The van der Waals surface area contributed by atoms with Crippen LogP contribution in [0.25, 0.3) is 0 Å². The Balaban J connectivity index is 1.31. The van der Waals surface area contributed by atoms with Gasteiger partial charge in [0.25, 0.3) is 17.7 Å². The molecule has 9 heteroatoms. The second kappa shape index (κ2) is 8.30. The summed E-state index contributed by atoms with van der Waals surface area (Å²) >= 11 is 0. The van der Waals surface area contributed by atoms with E-state index in [1.807, 2.05) is 0 Å². The molecule has 1 N–H and O–H groups in total. The Morgan fingerprint density at radius 3 is 2.24 bits per heavy atom. The van der Waals surface area contributed by atoms with Crippen molar-refractivity contribution >= 4 is 39.1 Å². The SMILES string of the molecule is O=C(Nc1ccc(N2CCCS2(=O)=O)cc1)c1ccc2c(c1)C(=O)N(C1CCCCC1)C2=O. The van der Waals surface area contributed by atoms with E-state index in [-0.39, 0.29) is 34.7 Å². The molecule has 33 heavy (non-hydrogen) atoms. The molecule has 2 aromatic rings. The molecule has 0 atom stereocenters. The van der Waals surface area contributed by atoms with Crippen molar-refractivity contribution in [1.29, 1.82) is 0 Å². The van der Waals surface area contributed by atoms with E-state index >= 15 is 0 Å². The number of sulfonamides is 1. The molecule has 0 aromatic heterocycles. The maximum atomic E-state index is 13.0. The summed E-state index contributed by atoms with van der Waals surface area (Å²) < 4.78 is 25.5. The van der Waals surface area contributed by atoms with Gasteiger partial charge in [-0.1, -0.05) is 19.3 Å². The molecule has 1 saturated carbocycles. The third-order valence-corrected chi connectivity index (χ3v) is 8.50. The van der Waals surface area contributed by atoms with E-state index in [2.05, 4.69) is 5.32 Å². The fourth-order valence-electron chi connectivity index (χ4n) is 4.92. The van der Waals surface area contributed by atoms with Crippen molar-refractivity contribution in [2.45, 2.75) is 44.6 Å². The van der Waals surface area contributed by atoms with Crippen LogP contribution in [0.3, 0.4) is 0 Å². The van der Waals surface area contributed by atoms with Gasteiger partial charge in [-0.15, -0.1) is 0 Å². The number of hydrogen-bond acceptors (Lipinski definition) is 5. The van der Waals surface area contributed by atoms with Crippen LogP contribution in [0.5, 0.6) is 0 Å². The summed E-state index contributed by atoms with van der Waals surface area (Å²) in [5, 5.41) is 2.77. The molecule has 0 bridgehead atoms. The highest BCUT2D eigenvalue weighted by Crippen LogP contribution is 2.32. The molecule has 0 unspecified atom stereocenters. The number of carbonyl (C=O) groups excluding carboxylic acids is 3. The van der Waals surface area contributed by atoms with Crippen molar-refractivity contribution in [3.63, 3.8) is 0 Å². The molecule has 3 aliphatic rings. The third kappa shape index (κ3) is 3.90. The lowest BCUT2D eigenvalue weighted by atomic mass is 9.94. The summed E-state index contributed by atoms with van der Waals surface area (Å²) in [5.41, 5.74) is 1.97. The first kappa shape index (κ1) is 21.6. The van der Waals surface area contributed by atoms with Crippen molar-refractivity contribution in [2.24, 2.45) is 0 Å². The number of hydrogen-bond donors (Lipinski definition) is 1. The lowest BCUT2D eigenvalue weighted by Crippen LogP contribution is -2.40. The average molecular weight is 468 g/mol. The molecule has 8 nitrogen and oxygen atoms in total. The monoisotopic (exact) mass is 467 g/mol. The molecular formula is C24H25N3O5S.